The van der Waals surface area contributed by atoms with Gasteiger partial charge in [0.05, 0.1) is 5.52 Å². The van der Waals surface area contributed by atoms with Gasteiger partial charge in [-0.15, -0.1) is 5.10 Å². The van der Waals surface area contributed by atoms with E-state index in [4.69, 9.17) is 15.1 Å². The number of benzene rings is 2. The van der Waals surface area contributed by atoms with Crippen LogP contribution in [0.4, 0.5) is 11.6 Å². The quantitative estimate of drug-likeness (QED) is 0.385. The monoisotopic (exact) mass is 449 g/mol. The molecule has 8 heteroatoms. The third-order valence-electron chi connectivity index (χ3n) is 6.28. The van der Waals surface area contributed by atoms with Crippen LogP contribution in [0.5, 0.6) is 0 Å². The number of rotatable bonds is 4. The first-order chi connectivity index (χ1) is 16.7. The number of nitrogens with zero attached hydrogens (tertiary/aromatic N) is 7. The van der Waals surface area contributed by atoms with E-state index < -0.39 is 0 Å². The summed E-state index contributed by atoms with van der Waals surface area (Å²) in [5.74, 6) is 1.51. The number of carbonyl (C=O) groups excluding carboxylic acids is 1. The van der Waals surface area contributed by atoms with Gasteiger partial charge in [-0.25, -0.2) is 9.97 Å². The standard InChI is InChI=1S/C26H23N7O/c1-18(34)19-8-10-21(11-9-19)31-13-15-32(16-14-31)26-28-23-7-3-2-6-22(23)25-29-24(30-33(25)26)20-5-4-12-27-17-20/h2-12,17H,13-16H2,1H3. The smallest absolute Gasteiger partial charge is 0.229 e. The van der Waals surface area contributed by atoms with E-state index in [9.17, 15) is 4.79 Å². The minimum absolute atomic E-state index is 0.0845. The highest BCUT2D eigenvalue weighted by Gasteiger charge is 2.23. The number of Topliss-reactive ketones (excluding diaryl/α,β-unsaturated/α-hetero) is 1. The van der Waals surface area contributed by atoms with Gasteiger partial charge in [0.15, 0.2) is 17.3 Å². The highest BCUT2D eigenvalue weighted by molar-refractivity contribution is 5.94. The Morgan fingerprint density at radius 2 is 1.62 bits per heavy atom. The topological polar surface area (TPSA) is 79.5 Å². The van der Waals surface area contributed by atoms with Crippen molar-refractivity contribution in [2.75, 3.05) is 36.0 Å². The molecule has 8 nitrogen and oxygen atoms in total. The number of pyridine rings is 1. The maximum atomic E-state index is 11.6. The van der Waals surface area contributed by atoms with Gasteiger partial charge in [-0.05, 0) is 55.5 Å². The zero-order valence-electron chi connectivity index (χ0n) is 18.8. The van der Waals surface area contributed by atoms with Gasteiger partial charge in [-0.1, -0.05) is 12.1 Å². The van der Waals surface area contributed by atoms with Crippen molar-refractivity contribution in [1.29, 1.82) is 0 Å². The van der Waals surface area contributed by atoms with Gasteiger partial charge in [0.1, 0.15) is 0 Å². The normalized spacial score (nSPS) is 14.1. The molecule has 0 N–H and O–H groups in total. The minimum atomic E-state index is 0.0845. The van der Waals surface area contributed by atoms with Crippen LogP contribution in [0, 0.1) is 0 Å². The van der Waals surface area contributed by atoms with Gasteiger partial charge < -0.3 is 9.80 Å². The Balaban J connectivity index is 1.34. The van der Waals surface area contributed by atoms with E-state index in [1.807, 2.05) is 65.2 Å². The van der Waals surface area contributed by atoms with Crippen LogP contribution >= 0.6 is 0 Å². The minimum Gasteiger partial charge on any atom is -0.368 e. The first-order valence-corrected chi connectivity index (χ1v) is 11.3. The molecule has 3 aromatic heterocycles. The van der Waals surface area contributed by atoms with E-state index in [2.05, 4.69) is 14.8 Å². The molecule has 0 saturated carbocycles. The van der Waals surface area contributed by atoms with Gasteiger partial charge in [0, 0.05) is 60.8 Å². The Hall–Kier alpha value is -4.33. The maximum Gasteiger partial charge on any atom is 0.229 e. The summed E-state index contributed by atoms with van der Waals surface area (Å²) in [6, 6.07) is 19.7. The zero-order valence-corrected chi connectivity index (χ0v) is 18.8. The second-order valence-electron chi connectivity index (χ2n) is 8.42. The third-order valence-corrected chi connectivity index (χ3v) is 6.28. The van der Waals surface area contributed by atoms with Crippen molar-refractivity contribution in [2.45, 2.75) is 6.92 Å². The van der Waals surface area contributed by atoms with Crippen molar-refractivity contribution in [3.8, 4) is 11.4 Å². The SMILES string of the molecule is CC(=O)c1ccc(N2CCN(c3nc4ccccc4c4nc(-c5cccnc5)nn34)CC2)cc1. The lowest BCUT2D eigenvalue weighted by Gasteiger charge is -2.36. The molecule has 0 aliphatic carbocycles. The molecule has 0 atom stereocenters. The summed E-state index contributed by atoms with van der Waals surface area (Å²) in [6.07, 6.45) is 3.52. The fourth-order valence-corrected chi connectivity index (χ4v) is 4.43. The van der Waals surface area contributed by atoms with Crippen LogP contribution in [-0.2, 0) is 0 Å². The number of hydrogen-bond acceptors (Lipinski definition) is 7. The molecule has 168 valence electrons. The molecule has 6 rings (SSSR count). The average molecular weight is 450 g/mol. The van der Waals surface area contributed by atoms with Gasteiger partial charge in [-0.3, -0.25) is 9.78 Å². The van der Waals surface area contributed by atoms with Crippen molar-refractivity contribution in [3.63, 3.8) is 0 Å². The summed E-state index contributed by atoms with van der Waals surface area (Å²) in [5.41, 5.74) is 4.43. The molecule has 0 bridgehead atoms. The Morgan fingerprint density at radius 1 is 0.853 bits per heavy atom. The molecular weight excluding hydrogens is 426 g/mol. The summed E-state index contributed by atoms with van der Waals surface area (Å²) >= 11 is 0. The number of carbonyl (C=O) groups is 1. The highest BCUT2D eigenvalue weighted by Crippen LogP contribution is 2.27. The number of piperazine rings is 1. The van der Waals surface area contributed by atoms with E-state index in [1.54, 1.807) is 19.3 Å². The summed E-state index contributed by atoms with van der Waals surface area (Å²) in [5, 5.41) is 5.80. The van der Waals surface area contributed by atoms with Crippen molar-refractivity contribution in [3.05, 3.63) is 78.6 Å². The fraction of sp³-hybridized carbons (Fsp3) is 0.192. The molecular formula is C26H23N7O. The average Bonchev–Trinajstić information content (AvgIpc) is 3.35. The Bertz CT molecular complexity index is 1490. The molecule has 34 heavy (non-hydrogen) atoms. The van der Waals surface area contributed by atoms with Crippen molar-refractivity contribution in [1.82, 2.24) is 24.6 Å². The Labute approximate surface area is 196 Å². The predicted molar refractivity (Wildman–Crippen MR) is 132 cm³/mol. The molecule has 0 amide bonds. The van der Waals surface area contributed by atoms with Crippen LogP contribution in [0.15, 0.2) is 73.1 Å². The molecule has 2 aromatic carbocycles. The Kier molecular flexibility index (Phi) is 4.91. The van der Waals surface area contributed by atoms with Gasteiger partial charge in [0.2, 0.25) is 5.95 Å². The first kappa shape index (κ1) is 20.3. The molecule has 1 fully saturated rings. The molecule has 0 spiro atoms. The van der Waals surface area contributed by atoms with Crippen LogP contribution in [-0.4, -0.2) is 56.5 Å². The fourth-order valence-electron chi connectivity index (χ4n) is 4.43. The van der Waals surface area contributed by atoms with Crippen LogP contribution in [0.2, 0.25) is 0 Å². The first-order valence-electron chi connectivity index (χ1n) is 11.3. The van der Waals surface area contributed by atoms with Gasteiger partial charge >= 0.3 is 0 Å². The van der Waals surface area contributed by atoms with Crippen LogP contribution in [0.25, 0.3) is 27.9 Å². The van der Waals surface area contributed by atoms with Crippen molar-refractivity contribution in [2.24, 2.45) is 0 Å². The number of para-hydroxylation sites is 1. The number of hydrogen-bond donors (Lipinski definition) is 0. The second-order valence-corrected chi connectivity index (χ2v) is 8.42. The molecule has 0 unspecified atom stereocenters. The van der Waals surface area contributed by atoms with Crippen LogP contribution in [0.3, 0.4) is 0 Å². The summed E-state index contributed by atoms with van der Waals surface area (Å²) in [6.45, 7) is 4.89. The molecule has 5 aromatic rings. The number of aromatic nitrogens is 5. The lowest BCUT2D eigenvalue weighted by atomic mass is 10.1. The molecule has 1 aliphatic heterocycles. The van der Waals surface area contributed by atoms with Gasteiger partial charge in [0.25, 0.3) is 0 Å². The summed E-state index contributed by atoms with van der Waals surface area (Å²) in [7, 11) is 0. The summed E-state index contributed by atoms with van der Waals surface area (Å²) in [4.78, 5) is 30.2. The predicted octanol–water partition coefficient (Wildman–Crippen LogP) is 3.87. The molecule has 4 heterocycles. The highest BCUT2D eigenvalue weighted by atomic mass is 16.1. The van der Waals surface area contributed by atoms with Crippen molar-refractivity contribution < 1.29 is 4.79 Å². The van der Waals surface area contributed by atoms with E-state index >= 15 is 0 Å². The molecule has 1 saturated heterocycles. The third kappa shape index (κ3) is 3.53. The summed E-state index contributed by atoms with van der Waals surface area (Å²) < 4.78 is 1.86. The Morgan fingerprint density at radius 3 is 2.35 bits per heavy atom. The van der Waals surface area contributed by atoms with E-state index in [0.29, 0.717) is 5.82 Å². The second kappa shape index (κ2) is 8.22. The maximum absolute atomic E-state index is 11.6. The number of fused-ring (bicyclic) bond motifs is 3. The molecule has 0 radical (unpaired) electrons. The van der Waals surface area contributed by atoms with Crippen LogP contribution < -0.4 is 9.80 Å². The number of anilines is 2. The number of ketones is 1. The van der Waals surface area contributed by atoms with E-state index in [-0.39, 0.29) is 5.78 Å². The van der Waals surface area contributed by atoms with Crippen molar-refractivity contribution >= 4 is 34.0 Å². The zero-order chi connectivity index (χ0) is 23.1. The van der Waals surface area contributed by atoms with E-state index in [0.717, 1.165) is 65.5 Å². The molecule has 1 aliphatic rings. The lowest BCUT2D eigenvalue weighted by molar-refractivity contribution is 0.101. The van der Waals surface area contributed by atoms with E-state index in [1.165, 1.54) is 0 Å². The largest absolute Gasteiger partial charge is 0.368 e. The lowest BCUT2D eigenvalue weighted by Crippen LogP contribution is -2.47. The van der Waals surface area contributed by atoms with Crippen LogP contribution in [0.1, 0.15) is 17.3 Å². The van der Waals surface area contributed by atoms with Gasteiger partial charge in [-0.2, -0.15) is 4.52 Å².